The van der Waals surface area contributed by atoms with Crippen molar-refractivity contribution in [3.63, 3.8) is 0 Å². The molecule has 2 fully saturated rings. The van der Waals surface area contributed by atoms with Crippen molar-refractivity contribution in [1.29, 1.82) is 0 Å². The van der Waals surface area contributed by atoms with Crippen LogP contribution in [0, 0.1) is 0 Å². The first-order valence-electron chi connectivity index (χ1n) is 6.79. The number of hydrogen-bond donors (Lipinski definition) is 2. The van der Waals surface area contributed by atoms with Gasteiger partial charge in [-0.2, -0.15) is 0 Å². The van der Waals surface area contributed by atoms with Gasteiger partial charge in [0.2, 0.25) is 5.91 Å². The van der Waals surface area contributed by atoms with E-state index in [1.165, 1.54) is 19.3 Å². The first-order valence-corrected chi connectivity index (χ1v) is 6.79. The Morgan fingerprint density at radius 3 is 2.53 bits per heavy atom. The lowest BCUT2D eigenvalue weighted by molar-refractivity contribution is -0.130. The minimum Gasteiger partial charge on any atom is -0.388 e. The van der Waals surface area contributed by atoms with Gasteiger partial charge in [0.05, 0.1) is 11.7 Å². The van der Waals surface area contributed by atoms with Crippen LogP contribution in [0.5, 0.6) is 0 Å². The molecule has 2 saturated carbocycles. The summed E-state index contributed by atoms with van der Waals surface area (Å²) in [4.78, 5) is 11.5. The molecule has 2 aliphatic rings. The van der Waals surface area contributed by atoms with E-state index in [1.807, 2.05) is 0 Å². The molecule has 1 amide bonds. The fraction of sp³-hybridized carbons (Fsp3) is 0.923. The number of amides is 1. The molecule has 0 heterocycles. The molecule has 2 aliphatic carbocycles. The summed E-state index contributed by atoms with van der Waals surface area (Å²) in [5.41, 5.74) is -0.638. The number of nitrogens with one attached hydrogen (secondary N) is 1. The van der Waals surface area contributed by atoms with Crippen molar-refractivity contribution in [2.45, 2.75) is 63.1 Å². The van der Waals surface area contributed by atoms with Gasteiger partial charge in [-0.15, -0.1) is 0 Å². The molecule has 98 valence electrons. The van der Waals surface area contributed by atoms with Crippen molar-refractivity contribution in [3.8, 4) is 0 Å². The Kier molecular flexibility index (Phi) is 4.40. The van der Waals surface area contributed by atoms with E-state index in [-0.39, 0.29) is 18.6 Å². The van der Waals surface area contributed by atoms with Gasteiger partial charge in [-0.05, 0) is 32.1 Å². The van der Waals surface area contributed by atoms with E-state index in [0.29, 0.717) is 6.54 Å². The van der Waals surface area contributed by atoms with Crippen LogP contribution >= 0.6 is 0 Å². The molecule has 4 nitrogen and oxygen atoms in total. The van der Waals surface area contributed by atoms with Gasteiger partial charge in [-0.25, -0.2) is 0 Å². The van der Waals surface area contributed by atoms with Gasteiger partial charge < -0.3 is 15.2 Å². The van der Waals surface area contributed by atoms with Crippen molar-refractivity contribution in [3.05, 3.63) is 0 Å². The second kappa shape index (κ2) is 5.83. The molecule has 0 aromatic heterocycles. The van der Waals surface area contributed by atoms with E-state index in [1.54, 1.807) is 0 Å². The molecular weight excluding hydrogens is 218 g/mol. The highest BCUT2D eigenvalue weighted by Crippen LogP contribution is 2.30. The van der Waals surface area contributed by atoms with Crippen LogP contribution in [0.15, 0.2) is 0 Å². The van der Waals surface area contributed by atoms with Crippen LogP contribution in [0.2, 0.25) is 0 Å². The van der Waals surface area contributed by atoms with Gasteiger partial charge in [-0.3, -0.25) is 4.79 Å². The summed E-state index contributed by atoms with van der Waals surface area (Å²) >= 11 is 0. The van der Waals surface area contributed by atoms with Crippen molar-refractivity contribution >= 4 is 5.91 Å². The number of carbonyl (C=O) groups is 1. The molecule has 4 heteroatoms. The van der Waals surface area contributed by atoms with Crippen LogP contribution in [-0.4, -0.2) is 35.9 Å². The van der Waals surface area contributed by atoms with E-state index in [0.717, 1.165) is 32.1 Å². The molecule has 0 bridgehead atoms. The summed E-state index contributed by atoms with van der Waals surface area (Å²) in [6.07, 6.45) is 8.81. The third-order valence-electron chi connectivity index (χ3n) is 3.90. The summed E-state index contributed by atoms with van der Waals surface area (Å²) < 4.78 is 5.57. The first kappa shape index (κ1) is 12.8. The minimum atomic E-state index is -0.638. The quantitative estimate of drug-likeness (QED) is 0.764. The molecule has 0 atom stereocenters. The highest BCUT2D eigenvalue weighted by atomic mass is 16.5. The lowest BCUT2D eigenvalue weighted by Gasteiger charge is -2.36. The Bertz CT molecular complexity index is 257. The van der Waals surface area contributed by atoms with E-state index >= 15 is 0 Å². The highest BCUT2D eigenvalue weighted by Gasteiger charge is 2.34. The van der Waals surface area contributed by atoms with E-state index < -0.39 is 5.60 Å². The van der Waals surface area contributed by atoms with Crippen LogP contribution in [0.25, 0.3) is 0 Å². The average molecular weight is 241 g/mol. The number of ether oxygens (including phenoxy) is 1. The molecule has 17 heavy (non-hydrogen) atoms. The first-order chi connectivity index (χ1) is 8.18. The summed E-state index contributed by atoms with van der Waals surface area (Å²) in [5, 5.41) is 12.6. The summed E-state index contributed by atoms with van der Waals surface area (Å²) in [6, 6.07) is 0. The number of carbonyl (C=O) groups excluding carboxylic acids is 1. The molecule has 0 unspecified atom stereocenters. The zero-order valence-corrected chi connectivity index (χ0v) is 10.4. The van der Waals surface area contributed by atoms with Gasteiger partial charge in [0.15, 0.2) is 0 Å². The lowest BCUT2D eigenvalue weighted by atomic mass is 9.80. The molecular formula is C13H23NO3. The van der Waals surface area contributed by atoms with Crippen molar-refractivity contribution in [1.82, 2.24) is 5.32 Å². The zero-order valence-electron chi connectivity index (χ0n) is 10.4. The number of hydrogen-bond acceptors (Lipinski definition) is 3. The third kappa shape index (κ3) is 3.96. The van der Waals surface area contributed by atoms with Crippen molar-refractivity contribution in [2.75, 3.05) is 13.2 Å². The Hall–Kier alpha value is -0.610. The molecule has 2 N–H and O–H groups in total. The van der Waals surface area contributed by atoms with Gasteiger partial charge in [0, 0.05) is 6.54 Å². The lowest BCUT2D eigenvalue weighted by Crippen LogP contribution is -2.48. The van der Waals surface area contributed by atoms with Crippen LogP contribution in [0.4, 0.5) is 0 Å². The van der Waals surface area contributed by atoms with Gasteiger partial charge in [0.25, 0.3) is 0 Å². The highest BCUT2D eigenvalue weighted by molar-refractivity contribution is 5.77. The van der Waals surface area contributed by atoms with Gasteiger partial charge >= 0.3 is 0 Å². The Morgan fingerprint density at radius 2 is 1.94 bits per heavy atom. The smallest absolute Gasteiger partial charge is 0.246 e. The second-order valence-corrected chi connectivity index (χ2v) is 5.43. The maximum absolute atomic E-state index is 11.5. The number of rotatable bonds is 5. The Balaban J connectivity index is 1.57. The molecule has 0 spiro atoms. The zero-order chi connectivity index (χ0) is 12.1. The predicted octanol–water partition coefficient (Wildman–Crippen LogP) is 1.37. The average Bonchev–Trinajstić information content (AvgIpc) is 2.33. The summed E-state index contributed by atoms with van der Waals surface area (Å²) in [6.45, 7) is 0.514. The largest absolute Gasteiger partial charge is 0.388 e. The summed E-state index contributed by atoms with van der Waals surface area (Å²) in [7, 11) is 0. The summed E-state index contributed by atoms with van der Waals surface area (Å²) in [5.74, 6) is -0.101. The fourth-order valence-corrected chi connectivity index (χ4v) is 2.50. The van der Waals surface area contributed by atoms with E-state index in [2.05, 4.69) is 5.32 Å². The van der Waals surface area contributed by atoms with E-state index in [9.17, 15) is 9.90 Å². The monoisotopic (exact) mass is 241 g/mol. The van der Waals surface area contributed by atoms with E-state index in [4.69, 9.17) is 4.74 Å². The molecule has 0 aromatic carbocycles. The van der Waals surface area contributed by atoms with Crippen LogP contribution in [0.1, 0.15) is 51.4 Å². The van der Waals surface area contributed by atoms with Crippen LogP contribution in [0.3, 0.4) is 0 Å². The third-order valence-corrected chi connectivity index (χ3v) is 3.90. The fourth-order valence-electron chi connectivity index (χ4n) is 2.50. The Morgan fingerprint density at radius 1 is 1.24 bits per heavy atom. The molecule has 0 radical (unpaired) electrons. The van der Waals surface area contributed by atoms with Crippen molar-refractivity contribution in [2.24, 2.45) is 0 Å². The maximum atomic E-state index is 11.5. The topological polar surface area (TPSA) is 58.6 Å². The number of aliphatic hydroxyl groups is 1. The van der Waals surface area contributed by atoms with Crippen molar-refractivity contribution < 1.29 is 14.6 Å². The second-order valence-electron chi connectivity index (χ2n) is 5.43. The molecule has 0 saturated heterocycles. The van der Waals surface area contributed by atoms with Crippen LogP contribution in [-0.2, 0) is 9.53 Å². The van der Waals surface area contributed by atoms with Gasteiger partial charge in [0.1, 0.15) is 6.61 Å². The normalized spacial score (nSPS) is 24.1. The SMILES string of the molecule is O=C(COC1CCCCC1)NCC1(O)CCC1. The molecule has 2 rings (SSSR count). The minimum absolute atomic E-state index is 0.101. The van der Waals surface area contributed by atoms with Crippen LogP contribution < -0.4 is 5.32 Å². The molecule has 0 aromatic rings. The molecule has 0 aliphatic heterocycles. The predicted molar refractivity (Wildman–Crippen MR) is 64.6 cm³/mol. The Labute approximate surface area is 103 Å². The van der Waals surface area contributed by atoms with Gasteiger partial charge in [-0.1, -0.05) is 19.3 Å². The standard InChI is InChI=1S/C13H23NO3/c15-12(14-10-13(16)7-4-8-13)9-17-11-5-2-1-3-6-11/h11,16H,1-10H2,(H,14,15). The maximum Gasteiger partial charge on any atom is 0.246 e.